The fraction of sp³-hybridized carbons (Fsp3) is 0.120. The molecule has 1 aliphatic rings. The third-order valence-electron chi connectivity index (χ3n) is 6.27. The van der Waals surface area contributed by atoms with Gasteiger partial charge in [-0.05, 0) is 30.3 Å². The lowest BCUT2D eigenvalue weighted by Gasteiger charge is -2.37. The summed E-state index contributed by atoms with van der Waals surface area (Å²) in [7, 11) is 0. The van der Waals surface area contributed by atoms with Crippen LogP contribution in [-0.2, 0) is 0 Å². The Balaban J connectivity index is 1.31. The zero-order valence-corrected chi connectivity index (χ0v) is 18.6. The minimum Gasteiger partial charge on any atom is -0.352 e. The van der Waals surface area contributed by atoms with Crippen LogP contribution in [0.4, 0.5) is 5.82 Å². The Hall–Kier alpha value is -4.70. The van der Waals surface area contributed by atoms with Gasteiger partial charge in [0.2, 0.25) is 0 Å². The molecule has 5 aromatic heterocycles. The minimum atomic E-state index is 0.197. The minimum absolute atomic E-state index is 0.197. The van der Waals surface area contributed by atoms with Gasteiger partial charge in [-0.15, -0.1) is 0 Å². The van der Waals surface area contributed by atoms with Gasteiger partial charge in [-0.25, -0.2) is 9.97 Å². The number of hydrogen-bond acceptors (Lipinski definition) is 8. The topological polar surface area (TPSA) is 138 Å². The van der Waals surface area contributed by atoms with E-state index in [0.29, 0.717) is 5.82 Å². The van der Waals surface area contributed by atoms with Crippen molar-refractivity contribution >= 4 is 27.8 Å². The third-order valence-corrected chi connectivity index (χ3v) is 6.27. The van der Waals surface area contributed by atoms with E-state index in [9.17, 15) is 0 Å². The highest BCUT2D eigenvalue weighted by Crippen LogP contribution is 2.32. The summed E-state index contributed by atoms with van der Waals surface area (Å²) in [5.41, 5.74) is 12.7. The summed E-state index contributed by atoms with van der Waals surface area (Å²) in [6.07, 6.45) is 8.85. The van der Waals surface area contributed by atoms with Gasteiger partial charge in [0.05, 0.1) is 34.8 Å². The first kappa shape index (κ1) is 19.7. The number of nitrogens with one attached hydrogen (secondary N) is 2. The summed E-state index contributed by atoms with van der Waals surface area (Å²) in [5, 5.41) is 8.62. The van der Waals surface area contributed by atoms with Crippen LogP contribution < -0.4 is 10.6 Å². The van der Waals surface area contributed by atoms with Crippen LogP contribution in [0.25, 0.3) is 56.0 Å². The van der Waals surface area contributed by atoms with Gasteiger partial charge in [-0.2, -0.15) is 5.10 Å². The third kappa shape index (κ3) is 3.30. The van der Waals surface area contributed by atoms with Gasteiger partial charge in [0.1, 0.15) is 17.0 Å². The van der Waals surface area contributed by atoms with Crippen molar-refractivity contribution in [2.75, 3.05) is 18.0 Å². The molecule has 1 aromatic carbocycles. The van der Waals surface area contributed by atoms with Crippen molar-refractivity contribution in [3.05, 3.63) is 67.4 Å². The quantitative estimate of drug-likeness (QED) is 0.365. The molecule has 10 heteroatoms. The second kappa shape index (κ2) is 7.67. The van der Waals surface area contributed by atoms with Crippen LogP contribution in [0, 0.1) is 0 Å². The van der Waals surface area contributed by atoms with Crippen molar-refractivity contribution in [3.8, 4) is 34.0 Å². The molecule has 170 valence electrons. The number of fused-ring (bicyclic) bond motifs is 2. The number of imidazole rings is 1. The molecule has 0 radical (unpaired) electrons. The fourth-order valence-electron chi connectivity index (χ4n) is 4.46. The second-order valence-electron chi connectivity index (χ2n) is 8.64. The number of pyridine rings is 2. The molecule has 1 saturated heterocycles. The number of anilines is 1. The highest BCUT2D eigenvalue weighted by molar-refractivity contribution is 5.97. The molecule has 6 heterocycles. The largest absolute Gasteiger partial charge is 0.352 e. The number of benzene rings is 1. The Kier molecular flexibility index (Phi) is 4.33. The lowest BCUT2D eigenvalue weighted by molar-refractivity contribution is 0.514. The van der Waals surface area contributed by atoms with Crippen LogP contribution >= 0.6 is 0 Å². The van der Waals surface area contributed by atoms with E-state index in [-0.39, 0.29) is 6.04 Å². The maximum atomic E-state index is 5.93. The number of hydrogen-bond donors (Lipinski definition) is 3. The summed E-state index contributed by atoms with van der Waals surface area (Å²) in [6, 6.07) is 12.1. The second-order valence-corrected chi connectivity index (χ2v) is 8.64. The normalized spacial score (nSPS) is 14.0. The van der Waals surface area contributed by atoms with Crippen molar-refractivity contribution in [2.45, 2.75) is 6.04 Å². The highest BCUT2D eigenvalue weighted by atomic mass is 15.3. The highest BCUT2D eigenvalue weighted by Gasteiger charge is 2.24. The maximum absolute atomic E-state index is 5.93. The Bertz CT molecular complexity index is 1680. The standard InChI is InChI=1S/C25H20N10/c26-16-12-35(13-16)21-11-28-10-20(30-21)14-3-4-18-17(8-14)23(34-33-18)25-31-19-5-7-29-22(24(19)32-25)15-2-1-6-27-9-15/h1-11,16H,12-13,26H2,(H,31,32)(H,33,34). The number of aromatic nitrogens is 8. The van der Waals surface area contributed by atoms with Crippen molar-refractivity contribution < 1.29 is 0 Å². The lowest BCUT2D eigenvalue weighted by Crippen LogP contribution is -2.56. The van der Waals surface area contributed by atoms with Gasteiger partial charge in [-0.1, -0.05) is 6.07 Å². The fourth-order valence-corrected chi connectivity index (χ4v) is 4.46. The van der Waals surface area contributed by atoms with Gasteiger partial charge in [0, 0.05) is 54.2 Å². The molecule has 0 aliphatic carbocycles. The van der Waals surface area contributed by atoms with E-state index in [1.165, 1.54) is 0 Å². The molecule has 6 aromatic rings. The molecular weight excluding hydrogens is 440 g/mol. The number of aromatic amines is 2. The molecule has 0 unspecified atom stereocenters. The van der Waals surface area contributed by atoms with Gasteiger partial charge in [0.15, 0.2) is 5.82 Å². The first-order valence-corrected chi connectivity index (χ1v) is 11.3. The van der Waals surface area contributed by atoms with Gasteiger partial charge >= 0.3 is 0 Å². The molecule has 7 rings (SSSR count). The van der Waals surface area contributed by atoms with Crippen LogP contribution in [0.5, 0.6) is 0 Å². The molecule has 35 heavy (non-hydrogen) atoms. The molecule has 4 N–H and O–H groups in total. The van der Waals surface area contributed by atoms with Gasteiger partial charge < -0.3 is 15.6 Å². The molecule has 0 saturated carbocycles. The molecule has 0 spiro atoms. The summed E-state index contributed by atoms with van der Waals surface area (Å²) in [5.74, 6) is 1.50. The van der Waals surface area contributed by atoms with Crippen LogP contribution in [-0.4, -0.2) is 59.2 Å². The molecule has 0 atom stereocenters. The molecule has 0 bridgehead atoms. The molecule has 0 amide bonds. The number of H-pyrrole nitrogens is 2. The number of nitrogens with two attached hydrogens (primary N) is 1. The number of nitrogens with zero attached hydrogens (tertiary/aromatic N) is 7. The predicted octanol–water partition coefficient (Wildman–Crippen LogP) is 3.17. The van der Waals surface area contributed by atoms with E-state index in [1.54, 1.807) is 31.0 Å². The van der Waals surface area contributed by atoms with Crippen molar-refractivity contribution in [1.29, 1.82) is 0 Å². The molecule has 1 aliphatic heterocycles. The zero-order chi connectivity index (χ0) is 23.4. The van der Waals surface area contributed by atoms with E-state index < -0.39 is 0 Å². The van der Waals surface area contributed by atoms with E-state index >= 15 is 0 Å². The Morgan fingerprint density at radius 2 is 1.83 bits per heavy atom. The van der Waals surface area contributed by atoms with Crippen LogP contribution in [0.3, 0.4) is 0 Å². The Labute approximate surface area is 199 Å². The smallest absolute Gasteiger partial charge is 0.159 e. The van der Waals surface area contributed by atoms with E-state index in [4.69, 9.17) is 15.7 Å². The van der Waals surface area contributed by atoms with Crippen LogP contribution in [0.1, 0.15) is 0 Å². The monoisotopic (exact) mass is 460 g/mol. The van der Waals surface area contributed by atoms with Gasteiger partial charge in [0.25, 0.3) is 0 Å². The predicted molar refractivity (Wildman–Crippen MR) is 133 cm³/mol. The van der Waals surface area contributed by atoms with Crippen molar-refractivity contribution in [2.24, 2.45) is 5.73 Å². The van der Waals surface area contributed by atoms with E-state index in [1.807, 2.05) is 30.3 Å². The number of rotatable bonds is 4. The maximum Gasteiger partial charge on any atom is 0.159 e. The van der Waals surface area contributed by atoms with Crippen molar-refractivity contribution in [1.82, 2.24) is 40.1 Å². The summed E-state index contributed by atoms with van der Waals surface area (Å²) < 4.78 is 0. The average Bonchev–Trinajstić information content (AvgIpc) is 3.51. The Morgan fingerprint density at radius 3 is 2.69 bits per heavy atom. The lowest BCUT2D eigenvalue weighted by atomic mass is 10.1. The summed E-state index contributed by atoms with van der Waals surface area (Å²) >= 11 is 0. The molecule has 1 fully saturated rings. The van der Waals surface area contributed by atoms with Crippen LogP contribution in [0.15, 0.2) is 67.4 Å². The Morgan fingerprint density at radius 1 is 0.886 bits per heavy atom. The summed E-state index contributed by atoms with van der Waals surface area (Å²) in [6.45, 7) is 1.59. The van der Waals surface area contributed by atoms with E-state index in [0.717, 1.165) is 69.1 Å². The first-order chi connectivity index (χ1) is 17.2. The van der Waals surface area contributed by atoms with Crippen LogP contribution in [0.2, 0.25) is 0 Å². The van der Waals surface area contributed by atoms with Crippen molar-refractivity contribution in [3.63, 3.8) is 0 Å². The zero-order valence-electron chi connectivity index (χ0n) is 18.6. The van der Waals surface area contributed by atoms with Gasteiger partial charge in [-0.3, -0.25) is 20.1 Å². The summed E-state index contributed by atoms with van der Waals surface area (Å²) in [4.78, 5) is 28.4. The SMILES string of the molecule is NC1CN(c2cncc(-c3ccc4[nH]nc(-c5nc6c(-c7cccnc7)nccc6[nH]5)c4c3)n2)C1. The first-order valence-electron chi connectivity index (χ1n) is 11.3. The molecule has 10 nitrogen and oxygen atoms in total. The van der Waals surface area contributed by atoms with E-state index in [2.05, 4.69) is 41.1 Å². The molecular formula is C25H20N10. The average molecular weight is 461 g/mol.